The van der Waals surface area contributed by atoms with E-state index in [2.05, 4.69) is 9.72 Å². The fourth-order valence-corrected chi connectivity index (χ4v) is 4.49. The molecule has 11 heteroatoms. The van der Waals surface area contributed by atoms with Crippen molar-refractivity contribution in [2.24, 2.45) is 0 Å². The van der Waals surface area contributed by atoms with Crippen LogP contribution in [0.2, 0.25) is 0 Å². The van der Waals surface area contributed by atoms with E-state index in [4.69, 9.17) is 9.47 Å². The van der Waals surface area contributed by atoms with Crippen LogP contribution in [0.5, 0.6) is 5.75 Å². The van der Waals surface area contributed by atoms with Crippen LogP contribution in [0, 0.1) is 0 Å². The lowest BCUT2D eigenvalue weighted by atomic mass is 9.94. The highest BCUT2D eigenvalue weighted by Crippen LogP contribution is 2.30. The van der Waals surface area contributed by atoms with Gasteiger partial charge in [0.25, 0.3) is 0 Å². The van der Waals surface area contributed by atoms with Gasteiger partial charge in [0.05, 0.1) is 34.0 Å². The van der Waals surface area contributed by atoms with E-state index in [-0.39, 0.29) is 18.3 Å². The van der Waals surface area contributed by atoms with Crippen LogP contribution in [0.1, 0.15) is 45.4 Å². The van der Waals surface area contributed by atoms with Gasteiger partial charge >= 0.3 is 12.3 Å². The van der Waals surface area contributed by atoms with Gasteiger partial charge in [-0.05, 0) is 51.5 Å². The molecule has 2 heterocycles. The quantitative estimate of drug-likeness (QED) is 0.613. The van der Waals surface area contributed by atoms with Crippen molar-refractivity contribution in [1.29, 1.82) is 0 Å². The van der Waals surface area contributed by atoms with Crippen LogP contribution in [0.3, 0.4) is 0 Å². The van der Waals surface area contributed by atoms with Gasteiger partial charge in [-0.15, -0.1) is 0 Å². The van der Waals surface area contributed by atoms with Gasteiger partial charge < -0.3 is 19.1 Å². The largest absolute Gasteiger partial charge is 0.489 e. The van der Waals surface area contributed by atoms with Gasteiger partial charge in [-0.25, -0.2) is 4.79 Å². The molecule has 180 valence electrons. The van der Waals surface area contributed by atoms with Crippen LogP contribution >= 0.6 is 0 Å². The van der Waals surface area contributed by atoms with Gasteiger partial charge in [-0.3, -0.25) is 9.19 Å². The number of piperidine rings is 1. The van der Waals surface area contributed by atoms with Crippen molar-refractivity contribution in [2.45, 2.75) is 80.9 Å². The fraction of sp³-hybridized carbons (Fsp3) is 0.714. The molecule has 0 N–H and O–H groups in total. The molecule has 7 nitrogen and oxygen atoms in total. The number of aromatic nitrogens is 1. The van der Waals surface area contributed by atoms with E-state index in [0.29, 0.717) is 36.6 Å². The molecule has 1 aliphatic heterocycles. The molecule has 3 rings (SSSR count). The Bertz CT molecular complexity index is 794. The SMILES string of the molecule is C[C@@H](OC(=O)N1CCC(OC2CCC(Oc3ccncc3S(C)=O)CC2)CC1)C(F)(F)F. The second-order valence-electron chi connectivity index (χ2n) is 8.18. The Morgan fingerprint density at radius 1 is 1.12 bits per heavy atom. The molecule has 1 aromatic rings. The Kier molecular flexibility index (Phi) is 8.37. The summed E-state index contributed by atoms with van der Waals surface area (Å²) in [5.41, 5.74) is 0. The van der Waals surface area contributed by atoms with Gasteiger partial charge in [0, 0.05) is 31.7 Å². The number of halogens is 3. The zero-order valence-corrected chi connectivity index (χ0v) is 19.0. The summed E-state index contributed by atoms with van der Waals surface area (Å²) in [5.74, 6) is 0.601. The highest BCUT2D eigenvalue weighted by atomic mass is 32.2. The number of carbonyl (C=O) groups excluding carboxylic acids is 1. The van der Waals surface area contributed by atoms with Gasteiger partial charge in [-0.1, -0.05) is 0 Å². The maximum absolute atomic E-state index is 12.6. The van der Waals surface area contributed by atoms with Gasteiger partial charge in [0.15, 0.2) is 6.10 Å². The molecular formula is C21H29F3N2O5S. The lowest BCUT2D eigenvalue weighted by Crippen LogP contribution is -2.44. The average Bonchev–Trinajstić information content (AvgIpc) is 2.75. The molecule has 1 amide bonds. The summed E-state index contributed by atoms with van der Waals surface area (Å²) in [6.45, 7) is 1.45. The number of likely N-dealkylation sites (tertiary alicyclic amines) is 1. The molecule has 2 atom stereocenters. The van der Waals surface area contributed by atoms with Gasteiger partial charge in [0.1, 0.15) is 5.75 Å². The number of nitrogens with zero attached hydrogens (tertiary/aromatic N) is 2. The van der Waals surface area contributed by atoms with Crippen molar-refractivity contribution in [2.75, 3.05) is 19.3 Å². The molecule has 0 bridgehead atoms. The summed E-state index contributed by atoms with van der Waals surface area (Å²) >= 11 is 0. The van der Waals surface area contributed by atoms with Crippen LogP contribution < -0.4 is 4.74 Å². The Morgan fingerprint density at radius 2 is 1.72 bits per heavy atom. The maximum atomic E-state index is 12.6. The van der Waals surface area contributed by atoms with Crippen LogP contribution in [0.15, 0.2) is 23.4 Å². The summed E-state index contributed by atoms with van der Waals surface area (Å²) < 4.78 is 66.3. The second kappa shape index (κ2) is 10.8. The highest BCUT2D eigenvalue weighted by Gasteiger charge is 2.40. The van der Waals surface area contributed by atoms with Crippen molar-refractivity contribution >= 4 is 16.9 Å². The summed E-state index contributed by atoms with van der Waals surface area (Å²) in [7, 11) is -1.18. The molecule has 0 spiro atoms. The Labute approximate surface area is 188 Å². The van der Waals surface area contributed by atoms with Crippen molar-refractivity contribution < 1.29 is 36.4 Å². The van der Waals surface area contributed by atoms with E-state index >= 15 is 0 Å². The smallest absolute Gasteiger partial charge is 0.425 e. The van der Waals surface area contributed by atoms with Crippen molar-refractivity contribution in [3.8, 4) is 5.75 Å². The molecule has 1 aliphatic carbocycles. The predicted octanol–water partition coefficient (Wildman–Crippen LogP) is 4.08. The number of pyridine rings is 1. The van der Waals surface area contributed by atoms with Crippen LogP contribution in [-0.4, -0.2) is 70.1 Å². The van der Waals surface area contributed by atoms with E-state index in [1.54, 1.807) is 24.7 Å². The first-order valence-electron chi connectivity index (χ1n) is 10.7. The number of carbonyl (C=O) groups is 1. The molecule has 2 fully saturated rings. The molecule has 32 heavy (non-hydrogen) atoms. The van der Waals surface area contributed by atoms with E-state index < -0.39 is 29.2 Å². The zero-order chi connectivity index (χ0) is 23.3. The normalized spacial score (nSPS) is 24.6. The lowest BCUT2D eigenvalue weighted by molar-refractivity contribution is -0.200. The zero-order valence-electron chi connectivity index (χ0n) is 18.2. The minimum Gasteiger partial charge on any atom is -0.489 e. The number of ether oxygens (including phenoxy) is 3. The molecular weight excluding hydrogens is 449 g/mol. The molecule has 1 saturated carbocycles. The van der Waals surface area contributed by atoms with Crippen LogP contribution in [0.4, 0.5) is 18.0 Å². The predicted molar refractivity (Wildman–Crippen MR) is 111 cm³/mol. The molecule has 0 radical (unpaired) electrons. The summed E-state index contributed by atoms with van der Waals surface area (Å²) in [6, 6.07) is 1.73. The summed E-state index contributed by atoms with van der Waals surface area (Å²) in [5, 5.41) is 0. The third kappa shape index (κ3) is 6.81. The molecule has 1 saturated heterocycles. The first kappa shape index (κ1) is 24.8. The monoisotopic (exact) mass is 478 g/mol. The summed E-state index contributed by atoms with van der Waals surface area (Å²) in [4.78, 5) is 17.8. The van der Waals surface area contributed by atoms with E-state index in [0.717, 1.165) is 32.6 Å². The number of hydrogen-bond donors (Lipinski definition) is 0. The standard InChI is InChI=1S/C21H29F3N2O5S/c1-14(21(22,23)24)29-20(27)26-11-8-17(9-12-26)30-15-3-5-16(6-4-15)31-18-7-10-25-13-19(18)32(2)28/h7,10,13-17H,3-6,8-9,11-12H2,1-2H3/t14-,15?,16?,32?/m1/s1. The maximum Gasteiger partial charge on any atom is 0.425 e. The Balaban J connectivity index is 1.39. The minimum atomic E-state index is -4.56. The van der Waals surface area contributed by atoms with Crippen molar-refractivity contribution in [3.05, 3.63) is 18.5 Å². The van der Waals surface area contributed by atoms with Gasteiger partial charge in [0.2, 0.25) is 0 Å². The molecule has 1 unspecified atom stereocenters. The average molecular weight is 479 g/mol. The lowest BCUT2D eigenvalue weighted by Gasteiger charge is -2.36. The van der Waals surface area contributed by atoms with Gasteiger partial charge in [-0.2, -0.15) is 13.2 Å². The topological polar surface area (TPSA) is 78.0 Å². The van der Waals surface area contributed by atoms with Crippen molar-refractivity contribution in [3.63, 3.8) is 0 Å². The van der Waals surface area contributed by atoms with E-state index in [9.17, 15) is 22.2 Å². The Morgan fingerprint density at radius 3 is 2.31 bits per heavy atom. The third-order valence-corrected chi connectivity index (χ3v) is 6.72. The Hall–Kier alpha value is -1.88. The van der Waals surface area contributed by atoms with Crippen molar-refractivity contribution in [1.82, 2.24) is 9.88 Å². The molecule has 1 aromatic heterocycles. The highest BCUT2D eigenvalue weighted by molar-refractivity contribution is 7.84. The second-order valence-corrected chi connectivity index (χ2v) is 9.53. The van der Waals surface area contributed by atoms with Crippen LogP contribution in [-0.2, 0) is 20.3 Å². The minimum absolute atomic E-state index is 0.0202. The number of alkyl halides is 3. The molecule has 2 aliphatic rings. The fourth-order valence-electron chi connectivity index (χ4n) is 3.89. The van der Waals surface area contributed by atoms with E-state index in [1.165, 1.54) is 4.90 Å². The van der Waals surface area contributed by atoms with Crippen LogP contribution in [0.25, 0.3) is 0 Å². The number of amides is 1. The first-order chi connectivity index (χ1) is 15.1. The van der Waals surface area contributed by atoms with E-state index in [1.807, 2.05) is 0 Å². The first-order valence-corrected chi connectivity index (χ1v) is 12.3. The summed E-state index contributed by atoms with van der Waals surface area (Å²) in [6.07, 6.45) is 1.62. The molecule has 0 aromatic carbocycles. The third-order valence-electron chi connectivity index (χ3n) is 5.79. The number of rotatable bonds is 6. The number of hydrogen-bond acceptors (Lipinski definition) is 6.